The van der Waals surface area contributed by atoms with E-state index >= 15 is 0 Å². The number of thioether (sulfide) groups is 1. The van der Waals surface area contributed by atoms with Gasteiger partial charge in [-0.25, -0.2) is 4.79 Å². The van der Waals surface area contributed by atoms with Crippen LogP contribution in [0, 0.1) is 6.92 Å². The van der Waals surface area contributed by atoms with Crippen LogP contribution in [0.2, 0.25) is 0 Å². The quantitative estimate of drug-likeness (QED) is 0.311. The van der Waals surface area contributed by atoms with Crippen molar-refractivity contribution in [2.75, 3.05) is 19.5 Å². The lowest BCUT2D eigenvalue weighted by Crippen LogP contribution is -2.72. The van der Waals surface area contributed by atoms with E-state index < -0.39 is 50.8 Å². The average Bonchev–Trinajstić information content (AvgIpc) is 3.32. The number of hydrogen-bond donors (Lipinski definition) is 1. The van der Waals surface area contributed by atoms with Crippen molar-refractivity contribution in [1.29, 1.82) is 0 Å². The summed E-state index contributed by atoms with van der Waals surface area (Å²) in [5, 5.41) is 10.6. The molecule has 33 heavy (non-hydrogen) atoms. The number of nitrogens with one attached hydrogen (secondary N) is 1. The zero-order valence-electron chi connectivity index (χ0n) is 18.0. The highest BCUT2D eigenvalue weighted by atomic mass is 32.2. The fourth-order valence-corrected chi connectivity index (χ4v) is 8.18. The number of β-lactam (4-membered cyclic amide) rings is 1. The Balaban J connectivity index is 1.47. The second-order valence-electron chi connectivity index (χ2n) is 7.69. The SMILES string of the molecule is COC(=O)[C@@H]1N2C(=O)[C@@H](NC(=O)COc3ccccc3)[C@H]2S(=O)[C@@]1(C)CSc1nnc(C)s1. The molecule has 0 radical (unpaired) electrons. The molecule has 2 aliphatic rings. The van der Waals surface area contributed by atoms with Crippen LogP contribution in [0.5, 0.6) is 5.75 Å². The van der Waals surface area contributed by atoms with Gasteiger partial charge in [-0.15, -0.1) is 10.2 Å². The molecule has 10 nitrogen and oxygen atoms in total. The molecule has 4 rings (SSSR count). The van der Waals surface area contributed by atoms with Gasteiger partial charge in [0.05, 0.1) is 22.7 Å². The predicted molar refractivity (Wildman–Crippen MR) is 122 cm³/mol. The first kappa shape index (κ1) is 23.6. The summed E-state index contributed by atoms with van der Waals surface area (Å²) in [7, 11) is -0.429. The lowest BCUT2D eigenvalue weighted by molar-refractivity contribution is -0.162. The van der Waals surface area contributed by atoms with Crippen molar-refractivity contribution in [3.8, 4) is 5.75 Å². The summed E-state index contributed by atoms with van der Waals surface area (Å²) in [6.45, 7) is 3.22. The Labute approximate surface area is 200 Å². The van der Waals surface area contributed by atoms with Crippen molar-refractivity contribution in [3.63, 3.8) is 0 Å². The Morgan fingerprint density at radius 2 is 2.03 bits per heavy atom. The number of esters is 1. The Kier molecular flexibility index (Phi) is 6.73. The van der Waals surface area contributed by atoms with Gasteiger partial charge in [0, 0.05) is 5.75 Å². The van der Waals surface area contributed by atoms with E-state index in [9.17, 15) is 18.6 Å². The largest absolute Gasteiger partial charge is 0.484 e. The van der Waals surface area contributed by atoms with Crippen LogP contribution in [-0.2, 0) is 29.9 Å². The summed E-state index contributed by atoms with van der Waals surface area (Å²) in [6.07, 6.45) is 0. The second kappa shape index (κ2) is 9.39. The normalized spacial score (nSPS) is 28.1. The first-order valence-corrected chi connectivity index (χ1v) is 13.0. The summed E-state index contributed by atoms with van der Waals surface area (Å²) in [6, 6.07) is 6.76. The Morgan fingerprint density at radius 1 is 1.30 bits per heavy atom. The van der Waals surface area contributed by atoms with Gasteiger partial charge in [-0.2, -0.15) is 0 Å². The number of amides is 2. The number of methoxy groups -OCH3 is 1. The number of carbonyl (C=O) groups is 3. The molecule has 0 aliphatic carbocycles. The number of hydrogen-bond acceptors (Lipinski definition) is 10. The van der Waals surface area contributed by atoms with E-state index in [2.05, 4.69) is 15.5 Å². The molecule has 1 N–H and O–H groups in total. The summed E-state index contributed by atoms with van der Waals surface area (Å²) in [5.74, 6) is -0.867. The van der Waals surface area contributed by atoms with Gasteiger partial charge in [-0.3, -0.25) is 13.8 Å². The minimum absolute atomic E-state index is 0.256. The molecule has 0 bridgehead atoms. The molecule has 2 fully saturated rings. The second-order valence-corrected chi connectivity index (χ2v) is 12.1. The van der Waals surface area contributed by atoms with Crippen molar-refractivity contribution in [1.82, 2.24) is 20.4 Å². The van der Waals surface area contributed by atoms with Gasteiger partial charge < -0.3 is 19.7 Å². The molecule has 0 saturated carbocycles. The van der Waals surface area contributed by atoms with Crippen LogP contribution in [-0.4, -0.2) is 78.8 Å². The number of nitrogens with zero attached hydrogens (tertiary/aromatic N) is 3. The van der Waals surface area contributed by atoms with Crippen LogP contribution in [0.25, 0.3) is 0 Å². The molecule has 1 aromatic heterocycles. The highest BCUT2D eigenvalue weighted by Gasteiger charge is 2.69. The van der Waals surface area contributed by atoms with E-state index in [0.29, 0.717) is 10.1 Å². The van der Waals surface area contributed by atoms with E-state index in [1.165, 1.54) is 35.1 Å². The minimum Gasteiger partial charge on any atom is -0.484 e. The van der Waals surface area contributed by atoms with Gasteiger partial charge in [-0.1, -0.05) is 41.3 Å². The van der Waals surface area contributed by atoms with E-state index in [-0.39, 0.29) is 12.4 Å². The van der Waals surface area contributed by atoms with Gasteiger partial charge in [0.1, 0.15) is 28.2 Å². The van der Waals surface area contributed by atoms with Crippen molar-refractivity contribution in [2.45, 2.75) is 40.4 Å². The number of aromatic nitrogens is 2. The van der Waals surface area contributed by atoms with Crippen LogP contribution in [0.3, 0.4) is 0 Å². The summed E-state index contributed by atoms with van der Waals surface area (Å²) >= 11 is 2.72. The van der Waals surface area contributed by atoms with Crippen LogP contribution in [0.4, 0.5) is 0 Å². The molecule has 2 saturated heterocycles. The first-order valence-electron chi connectivity index (χ1n) is 9.97. The summed E-state index contributed by atoms with van der Waals surface area (Å²) < 4.78 is 23.5. The van der Waals surface area contributed by atoms with Gasteiger partial charge in [0.25, 0.3) is 5.91 Å². The molecule has 0 spiro atoms. The molecule has 1 aromatic carbocycles. The third kappa shape index (κ3) is 4.36. The number of ether oxygens (including phenoxy) is 2. The smallest absolute Gasteiger partial charge is 0.330 e. The fourth-order valence-electron chi connectivity index (χ4n) is 3.83. The number of carbonyl (C=O) groups excluding carboxylic acids is 3. The topological polar surface area (TPSA) is 128 Å². The molecule has 176 valence electrons. The molecule has 5 atom stereocenters. The monoisotopic (exact) mass is 510 g/mol. The number of fused-ring (bicyclic) bond motifs is 1. The minimum atomic E-state index is -1.66. The van der Waals surface area contributed by atoms with Crippen LogP contribution >= 0.6 is 23.1 Å². The van der Waals surface area contributed by atoms with Gasteiger partial charge in [-0.05, 0) is 26.0 Å². The van der Waals surface area contributed by atoms with Gasteiger partial charge in [0.15, 0.2) is 10.9 Å². The van der Waals surface area contributed by atoms with E-state index in [0.717, 1.165) is 5.01 Å². The maximum Gasteiger partial charge on any atom is 0.330 e. The van der Waals surface area contributed by atoms with Crippen LogP contribution in [0.15, 0.2) is 34.7 Å². The maximum absolute atomic E-state index is 13.5. The molecule has 1 unspecified atom stereocenters. The lowest BCUT2D eigenvalue weighted by atomic mass is 9.96. The highest BCUT2D eigenvalue weighted by molar-refractivity contribution is 8.02. The molecule has 2 aromatic rings. The molecular weight excluding hydrogens is 488 g/mol. The van der Waals surface area contributed by atoms with E-state index in [1.807, 2.05) is 13.0 Å². The zero-order valence-corrected chi connectivity index (χ0v) is 20.5. The van der Waals surface area contributed by atoms with Crippen molar-refractivity contribution >= 4 is 51.7 Å². The molecule has 2 amide bonds. The highest BCUT2D eigenvalue weighted by Crippen LogP contribution is 2.46. The predicted octanol–water partition coefficient (Wildman–Crippen LogP) is 0.733. The van der Waals surface area contributed by atoms with Crippen LogP contribution < -0.4 is 10.1 Å². The van der Waals surface area contributed by atoms with Crippen molar-refractivity contribution in [2.24, 2.45) is 0 Å². The number of para-hydroxylation sites is 1. The fraction of sp³-hybridized carbons (Fsp3) is 0.450. The number of rotatable bonds is 8. The Hall–Kier alpha value is -2.51. The number of benzene rings is 1. The molecular formula is C20H22N4O6S3. The Bertz CT molecular complexity index is 1100. The van der Waals surface area contributed by atoms with E-state index in [4.69, 9.17) is 9.47 Å². The van der Waals surface area contributed by atoms with Crippen molar-refractivity contribution in [3.05, 3.63) is 35.3 Å². The van der Waals surface area contributed by atoms with Gasteiger partial charge >= 0.3 is 5.97 Å². The Morgan fingerprint density at radius 3 is 2.67 bits per heavy atom. The number of aryl methyl sites for hydroxylation is 1. The lowest BCUT2D eigenvalue weighted by Gasteiger charge is -2.43. The van der Waals surface area contributed by atoms with Gasteiger partial charge in [0.2, 0.25) is 5.91 Å². The maximum atomic E-state index is 13.5. The first-order chi connectivity index (χ1) is 15.8. The standard InChI is InChI=1S/C20H22N4O6S3/c1-11-22-23-19(32-11)31-10-20(2)15(18(27)29-3)24-16(26)14(17(24)33(20)28)21-13(25)9-30-12-7-5-4-6-8-12/h4-8,14-15,17H,9-10H2,1-3H3,(H,21,25)/t14-,15+,17-,20+,33?/m1/s1. The average molecular weight is 511 g/mol. The molecule has 3 heterocycles. The summed E-state index contributed by atoms with van der Waals surface area (Å²) in [5.41, 5.74) is 0. The van der Waals surface area contributed by atoms with E-state index in [1.54, 1.807) is 31.2 Å². The third-order valence-corrected chi connectivity index (χ3v) is 10.2. The summed E-state index contributed by atoms with van der Waals surface area (Å²) in [4.78, 5) is 39.2. The third-order valence-electron chi connectivity index (χ3n) is 5.46. The van der Waals surface area contributed by atoms with Crippen molar-refractivity contribution < 1.29 is 28.1 Å². The zero-order chi connectivity index (χ0) is 23.8. The van der Waals surface area contributed by atoms with Crippen LogP contribution in [0.1, 0.15) is 11.9 Å². The molecule has 13 heteroatoms. The molecule has 2 aliphatic heterocycles.